The van der Waals surface area contributed by atoms with Crippen LogP contribution in [0.1, 0.15) is 6.42 Å². The number of carbonyl (C=O) groups excluding carboxylic acids is 3. The molecule has 0 unspecified atom stereocenters. The molecule has 1 aromatic rings. The monoisotopic (exact) mass is 272 g/mol. The summed E-state index contributed by atoms with van der Waals surface area (Å²) in [6, 6.07) is 3.74. The summed E-state index contributed by atoms with van der Waals surface area (Å²) in [4.78, 5) is 35.0. The van der Waals surface area contributed by atoms with Crippen molar-refractivity contribution in [2.24, 2.45) is 0 Å². The minimum atomic E-state index is -0.846. The van der Waals surface area contributed by atoms with Crippen molar-refractivity contribution >= 4 is 46.7 Å². The van der Waals surface area contributed by atoms with Crippen LogP contribution in [0.25, 0.3) is 0 Å². The summed E-state index contributed by atoms with van der Waals surface area (Å²) in [5.41, 5.74) is 0.0887. The number of hydrogen-bond donors (Lipinski definition) is 1. The standard InChI is InChI=1S/C10H6Cl2N2O3/c11-5-2-1-3-6(12)9(5)14-8(16)4-7(15)13-10(14)17/h1-3H,4H2,(H,13,15,17). The molecule has 0 atom stereocenters. The lowest BCUT2D eigenvalue weighted by Gasteiger charge is -2.26. The molecule has 17 heavy (non-hydrogen) atoms. The van der Waals surface area contributed by atoms with Crippen molar-refractivity contribution in [1.29, 1.82) is 0 Å². The predicted octanol–water partition coefficient (Wildman–Crippen LogP) is 1.97. The van der Waals surface area contributed by atoms with Gasteiger partial charge in [-0.3, -0.25) is 14.9 Å². The molecule has 0 spiro atoms. The van der Waals surface area contributed by atoms with Gasteiger partial charge in [-0.05, 0) is 12.1 Å². The van der Waals surface area contributed by atoms with E-state index in [4.69, 9.17) is 23.2 Å². The highest BCUT2D eigenvalue weighted by molar-refractivity contribution is 6.42. The highest BCUT2D eigenvalue weighted by atomic mass is 35.5. The molecule has 0 radical (unpaired) electrons. The number of halogens is 2. The second-order valence-corrected chi connectivity index (χ2v) is 4.14. The molecule has 0 aliphatic carbocycles. The molecule has 5 nitrogen and oxygen atoms in total. The third-order valence-electron chi connectivity index (χ3n) is 2.17. The first kappa shape index (κ1) is 11.9. The molecular formula is C10H6Cl2N2O3. The van der Waals surface area contributed by atoms with Gasteiger partial charge in [0.05, 0.1) is 15.7 Å². The minimum Gasteiger partial charge on any atom is -0.277 e. The molecule has 0 bridgehead atoms. The van der Waals surface area contributed by atoms with E-state index in [1.54, 1.807) is 6.07 Å². The lowest BCUT2D eigenvalue weighted by Crippen LogP contribution is -2.53. The van der Waals surface area contributed by atoms with Gasteiger partial charge in [0.15, 0.2) is 0 Å². The molecule has 1 saturated heterocycles. The fourth-order valence-corrected chi connectivity index (χ4v) is 2.04. The van der Waals surface area contributed by atoms with E-state index in [1.807, 2.05) is 5.32 Å². The average molecular weight is 273 g/mol. The van der Waals surface area contributed by atoms with Gasteiger partial charge in [0.25, 0.3) is 0 Å². The van der Waals surface area contributed by atoms with E-state index in [2.05, 4.69) is 0 Å². The van der Waals surface area contributed by atoms with E-state index in [-0.39, 0.29) is 15.7 Å². The number of imide groups is 2. The SMILES string of the molecule is O=C1CC(=O)N(c2c(Cl)cccc2Cl)C(=O)N1. The zero-order valence-corrected chi connectivity index (χ0v) is 9.88. The number of carbonyl (C=O) groups is 3. The number of amides is 4. The van der Waals surface area contributed by atoms with Crippen LogP contribution in [0, 0.1) is 0 Å². The molecule has 88 valence electrons. The van der Waals surface area contributed by atoms with Gasteiger partial charge in [-0.15, -0.1) is 0 Å². The van der Waals surface area contributed by atoms with Crippen molar-refractivity contribution < 1.29 is 14.4 Å². The van der Waals surface area contributed by atoms with Gasteiger partial charge in [0.2, 0.25) is 11.8 Å². The number of para-hydroxylation sites is 1. The van der Waals surface area contributed by atoms with Gasteiger partial charge in [-0.25, -0.2) is 9.69 Å². The Morgan fingerprint density at radius 1 is 1.12 bits per heavy atom. The first-order chi connectivity index (χ1) is 8.00. The minimum absolute atomic E-state index is 0.0887. The van der Waals surface area contributed by atoms with Crippen molar-refractivity contribution in [3.8, 4) is 0 Å². The Labute approximate surface area is 106 Å². The van der Waals surface area contributed by atoms with Crippen molar-refractivity contribution in [2.75, 3.05) is 4.90 Å². The first-order valence-corrected chi connectivity index (χ1v) is 5.37. The molecule has 1 aliphatic heterocycles. The zero-order chi connectivity index (χ0) is 12.6. The Morgan fingerprint density at radius 2 is 1.71 bits per heavy atom. The maximum Gasteiger partial charge on any atom is 0.335 e. The van der Waals surface area contributed by atoms with Crippen molar-refractivity contribution in [2.45, 2.75) is 6.42 Å². The van der Waals surface area contributed by atoms with Crippen LogP contribution < -0.4 is 10.2 Å². The van der Waals surface area contributed by atoms with Crippen molar-refractivity contribution in [3.63, 3.8) is 0 Å². The Kier molecular flexibility index (Phi) is 3.04. The number of benzene rings is 1. The Balaban J connectivity index is 2.49. The molecule has 7 heteroatoms. The number of nitrogens with one attached hydrogen (secondary N) is 1. The fraction of sp³-hybridized carbons (Fsp3) is 0.100. The molecule has 4 amide bonds. The lowest BCUT2D eigenvalue weighted by molar-refractivity contribution is -0.128. The third-order valence-corrected chi connectivity index (χ3v) is 2.78. The average Bonchev–Trinajstić information content (AvgIpc) is 2.21. The predicted molar refractivity (Wildman–Crippen MR) is 62.1 cm³/mol. The topological polar surface area (TPSA) is 66.5 Å². The Bertz CT molecular complexity index is 490. The summed E-state index contributed by atoms with van der Waals surface area (Å²) >= 11 is 11.8. The van der Waals surface area contributed by atoms with Crippen LogP contribution >= 0.6 is 23.2 Å². The number of urea groups is 1. The van der Waals surface area contributed by atoms with Gasteiger partial charge < -0.3 is 0 Å². The van der Waals surface area contributed by atoms with Crippen molar-refractivity contribution in [1.82, 2.24) is 5.32 Å². The molecule has 1 fully saturated rings. The van der Waals surface area contributed by atoms with Crippen LogP contribution in [0.3, 0.4) is 0 Å². The summed E-state index contributed by atoms with van der Waals surface area (Å²) in [6.07, 6.45) is -0.409. The van der Waals surface area contributed by atoms with Gasteiger partial charge in [-0.1, -0.05) is 29.3 Å². The molecule has 1 aliphatic rings. The fourth-order valence-electron chi connectivity index (χ4n) is 1.48. The maximum atomic E-state index is 11.6. The number of barbiturate groups is 1. The summed E-state index contributed by atoms with van der Waals surface area (Å²) in [6.45, 7) is 0. The molecule has 0 aromatic heterocycles. The van der Waals surface area contributed by atoms with Crippen LogP contribution in [0.15, 0.2) is 18.2 Å². The van der Waals surface area contributed by atoms with E-state index >= 15 is 0 Å². The summed E-state index contributed by atoms with van der Waals surface area (Å²) in [7, 11) is 0. The molecule has 1 heterocycles. The molecule has 1 N–H and O–H groups in total. The molecular weight excluding hydrogens is 267 g/mol. The van der Waals surface area contributed by atoms with E-state index in [1.165, 1.54) is 12.1 Å². The van der Waals surface area contributed by atoms with E-state index in [9.17, 15) is 14.4 Å². The summed E-state index contributed by atoms with van der Waals surface area (Å²) in [5, 5.41) is 2.35. The van der Waals surface area contributed by atoms with Crippen LogP contribution in [0.5, 0.6) is 0 Å². The number of anilines is 1. The highest BCUT2D eigenvalue weighted by Crippen LogP contribution is 2.34. The Morgan fingerprint density at radius 3 is 2.24 bits per heavy atom. The number of hydrogen-bond acceptors (Lipinski definition) is 3. The highest BCUT2D eigenvalue weighted by Gasteiger charge is 2.34. The van der Waals surface area contributed by atoms with E-state index in [0.717, 1.165) is 4.90 Å². The summed E-state index contributed by atoms with van der Waals surface area (Å²) in [5.74, 6) is -1.30. The normalized spacial score (nSPS) is 16.1. The molecule has 2 rings (SSSR count). The third kappa shape index (κ3) is 2.11. The smallest absolute Gasteiger partial charge is 0.277 e. The van der Waals surface area contributed by atoms with E-state index < -0.39 is 24.3 Å². The lowest BCUT2D eigenvalue weighted by atomic mass is 10.2. The first-order valence-electron chi connectivity index (χ1n) is 4.61. The summed E-state index contributed by atoms with van der Waals surface area (Å²) < 4.78 is 0. The second kappa shape index (κ2) is 4.35. The van der Waals surface area contributed by atoms with Crippen LogP contribution in [0.4, 0.5) is 10.5 Å². The van der Waals surface area contributed by atoms with E-state index in [0.29, 0.717) is 0 Å². The maximum absolute atomic E-state index is 11.6. The van der Waals surface area contributed by atoms with Crippen LogP contribution in [-0.2, 0) is 9.59 Å². The van der Waals surface area contributed by atoms with Crippen molar-refractivity contribution in [3.05, 3.63) is 28.2 Å². The Hall–Kier alpha value is -1.59. The molecule has 0 saturated carbocycles. The largest absolute Gasteiger partial charge is 0.335 e. The van der Waals surface area contributed by atoms with Gasteiger partial charge >= 0.3 is 6.03 Å². The molecule has 1 aromatic carbocycles. The van der Waals surface area contributed by atoms with Gasteiger partial charge in [0.1, 0.15) is 6.42 Å². The number of rotatable bonds is 1. The van der Waals surface area contributed by atoms with Crippen LogP contribution in [0.2, 0.25) is 10.0 Å². The van der Waals surface area contributed by atoms with Gasteiger partial charge in [0, 0.05) is 0 Å². The number of nitrogens with zero attached hydrogens (tertiary/aromatic N) is 1. The van der Waals surface area contributed by atoms with Gasteiger partial charge in [-0.2, -0.15) is 0 Å². The quantitative estimate of drug-likeness (QED) is 0.795. The second-order valence-electron chi connectivity index (χ2n) is 3.33. The zero-order valence-electron chi connectivity index (χ0n) is 8.37. The van der Waals surface area contributed by atoms with Crippen LogP contribution in [-0.4, -0.2) is 17.8 Å².